The number of carbonyl (C=O) groups is 1. The summed E-state index contributed by atoms with van der Waals surface area (Å²) in [6, 6.07) is 0. The minimum Gasteiger partial charge on any atom is -0.462 e. The second-order valence-electron chi connectivity index (χ2n) is 3.16. The first-order valence-corrected chi connectivity index (χ1v) is 5.15. The third-order valence-corrected chi connectivity index (χ3v) is 1.66. The zero-order chi connectivity index (χ0) is 11.5. The van der Waals surface area contributed by atoms with Crippen LogP contribution < -0.4 is 5.32 Å². The molecule has 0 fully saturated rings. The van der Waals surface area contributed by atoms with Crippen molar-refractivity contribution in [1.82, 2.24) is 5.32 Å². The van der Waals surface area contributed by atoms with Crippen LogP contribution in [-0.4, -0.2) is 52.6 Å². The highest BCUT2D eigenvalue weighted by Gasteiger charge is 2.11. The SMILES string of the molecule is CCCOC(COC)COC(=O)CNC. The Morgan fingerprint density at radius 1 is 1.40 bits per heavy atom. The summed E-state index contributed by atoms with van der Waals surface area (Å²) in [6.45, 7) is 3.57. The van der Waals surface area contributed by atoms with Crippen molar-refractivity contribution in [2.45, 2.75) is 19.4 Å². The third-order valence-electron chi connectivity index (χ3n) is 1.66. The molecule has 0 heterocycles. The van der Waals surface area contributed by atoms with Crippen LogP contribution in [0.3, 0.4) is 0 Å². The molecule has 0 aliphatic heterocycles. The first-order chi connectivity index (χ1) is 7.24. The standard InChI is InChI=1S/C10H21NO4/c1-4-5-14-9(7-13-3)8-15-10(12)6-11-2/h9,11H,4-8H2,1-3H3. The predicted octanol–water partition coefficient (Wildman–Crippen LogP) is 0.191. The third kappa shape index (κ3) is 8.35. The Kier molecular flexibility index (Phi) is 9.46. The van der Waals surface area contributed by atoms with E-state index in [1.807, 2.05) is 6.92 Å². The zero-order valence-electron chi connectivity index (χ0n) is 9.75. The van der Waals surface area contributed by atoms with Gasteiger partial charge >= 0.3 is 5.97 Å². The maximum absolute atomic E-state index is 11.0. The maximum Gasteiger partial charge on any atom is 0.320 e. The molecule has 0 aliphatic carbocycles. The molecule has 0 aromatic carbocycles. The first kappa shape index (κ1) is 14.3. The fraction of sp³-hybridized carbons (Fsp3) is 0.900. The number of carbonyl (C=O) groups excluding carboxylic acids is 1. The summed E-state index contributed by atoms with van der Waals surface area (Å²) in [6.07, 6.45) is 0.765. The van der Waals surface area contributed by atoms with Crippen LogP contribution in [0, 0.1) is 0 Å². The number of esters is 1. The summed E-state index contributed by atoms with van der Waals surface area (Å²) in [4.78, 5) is 11.0. The molecule has 90 valence electrons. The summed E-state index contributed by atoms with van der Waals surface area (Å²) < 4.78 is 15.4. The van der Waals surface area contributed by atoms with E-state index < -0.39 is 0 Å². The number of likely N-dealkylation sites (N-methyl/N-ethyl adjacent to an activating group) is 1. The molecule has 0 amide bonds. The quantitative estimate of drug-likeness (QED) is 0.561. The van der Waals surface area contributed by atoms with Crippen molar-refractivity contribution in [3.63, 3.8) is 0 Å². The van der Waals surface area contributed by atoms with Gasteiger partial charge in [0.2, 0.25) is 0 Å². The Morgan fingerprint density at radius 2 is 2.13 bits per heavy atom. The van der Waals surface area contributed by atoms with Gasteiger partial charge in [0.1, 0.15) is 12.7 Å². The van der Waals surface area contributed by atoms with Crippen molar-refractivity contribution >= 4 is 5.97 Å². The van der Waals surface area contributed by atoms with Crippen molar-refractivity contribution in [1.29, 1.82) is 0 Å². The van der Waals surface area contributed by atoms with Crippen LogP contribution in [0.2, 0.25) is 0 Å². The van der Waals surface area contributed by atoms with Crippen molar-refractivity contribution in [2.75, 3.05) is 40.5 Å². The Morgan fingerprint density at radius 3 is 2.67 bits per heavy atom. The highest BCUT2D eigenvalue weighted by molar-refractivity contribution is 5.71. The van der Waals surface area contributed by atoms with Gasteiger partial charge in [-0.25, -0.2) is 0 Å². The Hall–Kier alpha value is -0.650. The van der Waals surface area contributed by atoms with Crippen LogP contribution in [0.1, 0.15) is 13.3 Å². The van der Waals surface area contributed by atoms with Gasteiger partial charge in [-0.15, -0.1) is 0 Å². The van der Waals surface area contributed by atoms with E-state index in [0.717, 1.165) is 6.42 Å². The molecule has 15 heavy (non-hydrogen) atoms. The number of ether oxygens (including phenoxy) is 3. The lowest BCUT2D eigenvalue weighted by molar-refractivity contribution is -0.148. The minimum absolute atomic E-state index is 0.171. The van der Waals surface area contributed by atoms with Gasteiger partial charge in [-0.05, 0) is 13.5 Å². The van der Waals surface area contributed by atoms with Crippen LogP contribution in [0.4, 0.5) is 0 Å². The first-order valence-electron chi connectivity index (χ1n) is 5.15. The lowest BCUT2D eigenvalue weighted by Gasteiger charge is -2.16. The molecule has 0 saturated carbocycles. The smallest absolute Gasteiger partial charge is 0.320 e. The summed E-state index contributed by atoms with van der Waals surface area (Å²) in [7, 11) is 3.29. The Labute approximate surface area is 91.1 Å². The molecule has 0 bridgehead atoms. The fourth-order valence-corrected chi connectivity index (χ4v) is 0.996. The molecule has 0 aromatic heterocycles. The summed E-state index contributed by atoms with van der Waals surface area (Å²) in [5.41, 5.74) is 0. The van der Waals surface area contributed by atoms with Gasteiger partial charge in [0.05, 0.1) is 13.2 Å². The molecule has 0 spiro atoms. The molecule has 0 saturated heterocycles. The molecule has 0 rings (SSSR count). The highest BCUT2D eigenvalue weighted by atomic mass is 16.6. The molecule has 1 atom stereocenters. The van der Waals surface area contributed by atoms with Gasteiger partial charge < -0.3 is 19.5 Å². The number of hydrogen-bond donors (Lipinski definition) is 1. The van der Waals surface area contributed by atoms with Gasteiger partial charge in [0, 0.05) is 13.7 Å². The van der Waals surface area contributed by atoms with Crippen molar-refractivity contribution < 1.29 is 19.0 Å². The van der Waals surface area contributed by atoms with Crippen LogP contribution in [0.15, 0.2) is 0 Å². The highest BCUT2D eigenvalue weighted by Crippen LogP contribution is 1.96. The van der Waals surface area contributed by atoms with Crippen LogP contribution >= 0.6 is 0 Å². The molecule has 1 N–H and O–H groups in total. The average molecular weight is 219 g/mol. The number of nitrogens with one attached hydrogen (secondary N) is 1. The lowest BCUT2D eigenvalue weighted by Crippen LogP contribution is -2.29. The van der Waals surface area contributed by atoms with E-state index >= 15 is 0 Å². The van der Waals surface area contributed by atoms with Gasteiger partial charge in [-0.3, -0.25) is 4.79 Å². The monoisotopic (exact) mass is 219 g/mol. The average Bonchev–Trinajstić information content (AvgIpc) is 2.22. The number of methoxy groups -OCH3 is 1. The maximum atomic E-state index is 11.0. The van der Waals surface area contributed by atoms with Gasteiger partial charge in [-0.2, -0.15) is 0 Å². The lowest BCUT2D eigenvalue weighted by atomic mass is 10.4. The van der Waals surface area contributed by atoms with E-state index in [2.05, 4.69) is 5.32 Å². The molecular weight excluding hydrogens is 198 g/mol. The van der Waals surface area contributed by atoms with Crippen LogP contribution in [-0.2, 0) is 19.0 Å². The largest absolute Gasteiger partial charge is 0.462 e. The van der Waals surface area contributed by atoms with Crippen LogP contribution in [0.5, 0.6) is 0 Å². The van der Waals surface area contributed by atoms with Gasteiger partial charge in [0.15, 0.2) is 0 Å². The molecule has 0 aliphatic rings. The van der Waals surface area contributed by atoms with E-state index in [1.165, 1.54) is 0 Å². The topological polar surface area (TPSA) is 56.8 Å². The molecule has 5 heteroatoms. The minimum atomic E-state index is -0.279. The van der Waals surface area contributed by atoms with E-state index in [9.17, 15) is 4.79 Å². The van der Waals surface area contributed by atoms with Crippen molar-refractivity contribution in [2.24, 2.45) is 0 Å². The molecule has 0 radical (unpaired) electrons. The number of rotatable bonds is 9. The van der Waals surface area contributed by atoms with E-state index in [0.29, 0.717) is 13.2 Å². The second kappa shape index (κ2) is 9.89. The van der Waals surface area contributed by atoms with Crippen LogP contribution in [0.25, 0.3) is 0 Å². The molecule has 5 nitrogen and oxygen atoms in total. The van der Waals surface area contributed by atoms with Crippen molar-refractivity contribution in [3.05, 3.63) is 0 Å². The van der Waals surface area contributed by atoms with Gasteiger partial charge in [0.25, 0.3) is 0 Å². The van der Waals surface area contributed by atoms with Gasteiger partial charge in [-0.1, -0.05) is 6.92 Å². The van der Waals surface area contributed by atoms with E-state index in [1.54, 1.807) is 14.2 Å². The van der Waals surface area contributed by atoms with Crippen molar-refractivity contribution in [3.8, 4) is 0 Å². The normalized spacial score (nSPS) is 12.5. The number of hydrogen-bond acceptors (Lipinski definition) is 5. The molecule has 1 unspecified atom stereocenters. The zero-order valence-corrected chi connectivity index (χ0v) is 9.75. The predicted molar refractivity (Wildman–Crippen MR) is 56.8 cm³/mol. The molecule has 0 aromatic rings. The van der Waals surface area contributed by atoms with E-state index in [4.69, 9.17) is 14.2 Å². The summed E-state index contributed by atoms with van der Waals surface area (Å²) >= 11 is 0. The Bertz CT molecular complexity index is 164. The summed E-state index contributed by atoms with van der Waals surface area (Å²) in [5.74, 6) is -0.279. The summed E-state index contributed by atoms with van der Waals surface area (Å²) in [5, 5.41) is 2.72. The Balaban J connectivity index is 3.68. The fourth-order valence-electron chi connectivity index (χ4n) is 0.996. The molecular formula is C10H21NO4. The second-order valence-corrected chi connectivity index (χ2v) is 3.16. The van der Waals surface area contributed by atoms with E-state index in [-0.39, 0.29) is 25.2 Å².